The molecular formula is C29H23ClN4O3. The second kappa shape index (κ2) is 10.2. The van der Waals surface area contributed by atoms with Crippen molar-refractivity contribution in [3.05, 3.63) is 107 Å². The number of nitrogens with one attached hydrogen (secondary N) is 1. The Bertz CT molecular complexity index is 1610. The van der Waals surface area contributed by atoms with Crippen molar-refractivity contribution in [1.29, 1.82) is 0 Å². The van der Waals surface area contributed by atoms with Gasteiger partial charge in [0.25, 0.3) is 0 Å². The van der Waals surface area contributed by atoms with Gasteiger partial charge in [-0.25, -0.2) is 9.67 Å². The zero-order valence-electron chi connectivity index (χ0n) is 20.2. The molecule has 37 heavy (non-hydrogen) atoms. The molecule has 7 nitrogen and oxygen atoms in total. The fourth-order valence-electron chi connectivity index (χ4n) is 4.29. The number of carbonyl (C=O) groups is 2. The van der Waals surface area contributed by atoms with Gasteiger partial charge in [-0.05, 0) is 54.4 Å². The molecule has 2 heterocycles. The lowest BCUT2D eigenvalue weighted by Gasteiger charge is -2.12. The molecular weight excluding hydrogens is 488 g/mol. The van der Waals surface area contributed by atoms with Crippen molar-refractivity contribution in [3.8, 4) is 16.9 Å². The normalized spacial score (nSPS) is 10.9. The van der Waals surface area contributed by atoms with E-state index in [1.807, 2.05) is 43.3 Å². The molecule has 0 aliphatic rings. The first-order valence-corrected chi connectivity index (χ1v) is 12.0. The predicted molar refractivity (Wildman–Crippen MR) is 144 cm³/mol. The second-order valence-corrected chi connectivity index (χ2v) is 8.90. The Morgan fingerprint density at radius 3 is 2.49 bits per heavy atom. The fraction of sp³-hybridized carbons (Fsp3) is 0.103. The lowest BCUT2D eigenvalue weighted by Crippen LogP contribution is -2.21. The molecule has 0 bridgehead atoms. The Kier molecular flexibility index (Phi) is 6.70. The van der Waals surface area contributed by atoms with Gasteiger partial charge in [0.05, 0.1) is 18.5 Å². The van der Waals surface area contributed by atoms with Crippen molar-refractivity contribution in [2.75, 3.05) is 12.4 Å². The number of methoxy groups -OCH3 is 1. The number of anilines is 1. The molecule has 0 fully saturated rings. The third kappa shape index (κ3) is 4.94. The molecule has 5 rings (SSSR count). The molecule has 1 amide bonds. The monoisotopic (exact) mass is 510 g/mol. The summed E-state index contributed by atoms with van der Waals surface area (Å²) in [5.41, 5.74) is 4.50. The van der Waals surface area contributed by atoms with Crippen molar-refractivity contribution < 1.29 is 14.3 Å². The summed E-state index contributed by atoms with van der Waals surface area (Å²) >= 11 is 6.17. The number of ketones is 1. The molecule has 0 aliphatic heterocycles. The minimum absolute atomic E-state index is 0.0784. The molecule has 8 heteroatoms. The maximum absolute atomic E-state index is 13.1. The van der Waals surface area contributed by atoms with Crippen LogP contribution in [0, 0.1) is 6.92 Å². The first-order valence-electron chi connectivity index (χ1n) is 11.6. The Hall–Kier alpha value is -4.49. The van der Waals surface area contributed by atoms with Gasteiger partial charge in [-0.1, -0.05) is 54.1 Å². The summed E-state index contributed by atoms with van der Waals surface area (Å²) in [7, 11) is 1.63. The van der Waals surface area contributed by atoms with Gasteiger partial charge in [0.2, 0.25) is 5.91 Å². The molecule has 5 aromatic rings. The van der Waals surface area contributed by atoms with Crippen molar-refractivity contribution in [2.24, 2.45) is 0 Å². The Balaban J connectivity index is 1.43. The van der Waals surface area contributed by atoms with Crippen LogP contribution in [0.2, 0.25) is 5.02 Å². The van der Waals surface area contributed by atoms with Crippen LogP contribution in [0.3, 0.4) is 0 Å². The number of aryl methyl sites for hydroxylation is 1. The molecule has 1 N–H and O–H groups in total. The largest absolute Gasteiger partial charge is 0.497 e. The van der Waals surface area contributed by atoms with E-state index in [0.717, 1.165) is 28.0 Å². The van der Waals surface area contributed by atoms with Crippen LogP contribution in [0.25, 0.3) is 22.2 Å². The van der Waals surface area contributed by atoms with E-state index in [-0.39, 0.29) is 18.2 Å². The highest BCUT2D eigenvalue weighted by atomic mass is 35.5. The number of ether oxygens (including phenoxy) is 1. The van der Waals surface area contributed by atoms with Crippen LogP contribution < -0.4 is 10.1 Å². The topological polar surface area (TPSA) is 86.1 Å². The number of aromatic nitrogens is 3. The maximum atomic E-state index is 13.1. The number of benzene rings is 3. The zero-order valence-corrected chi connectivity index (χ0v) is 21.0. The number of halogens is 1. The van der Waals surface area contributed by atoms with Gasteiger partial charge in [-0.2, -0.15) is 5.10 Å². The van der Waals surface area contributed by atoms with Crippen LogP contribution in [0.15, 0.2) is 85.1 Å². The van der Waals surface area contributed by atoms with Gasteiger partial charge in [0, 0.05) is 27.7 Å². The molecule has 0 radical (unpaired) electrons. The van der Waals surface area contributed by atoms with Crippen LogP contribution in [0.4, 0.5) is 5.69 Å². The molecule has 0 saturated heterocycles. The Labute approximate surface area is 218 Å². The van der Waals surface area contributed by atoms with E-state index in [0.29, 0.717) is 27.5 Å². The van der Waals surface area contributed by atoms with Gasteiger partial charge in [-0.15, -0.1) is 0 Å². The summed E-state index contributed by atoms with van der Waals surface area (Å²) in [6, 6.07) is 23.3. The number of fused-ring (bicyclic) bond motifs is 1. The first kappa shape index (κ1) is 24.2. The highest BCUT2D eigenvalue weighted by Gasteiger charge is 2.19. The number of nitrogens with zero attached hydrogens (tertiary/aromatic N) is 3. The van der Waals surface area contributed by atoms with Gasteiger partial charge >= 0.3 is 0 Å². The Morgan fingerprint density at radius 2 is 1.76 bits per heavy atom. The summed E-state index contributed by atoms with van der Waals surface area (Å²) in [5.74, 6) is 0.195. The minimum Gasteiger partial charge on any atom is -0.497 e. The highest BCUT2D eigenvalue weighted by Crippen LogP contribution is 2.31. The molecule has 2 aromatic heterocycles. The lowest BCUT2D eigenvalue weighted by molar-refractivity contribution is -0.116. The van der Waals surface area contributed by atoms with Crippen LogP contribution >= 0.6 is 11.6 Å². The molecule has 0 unspecified atom stereocenters. The van der Waals surface area contributed by atoms with Crippen LogP contribution in [0.1, 0.15) is 21.6 Å². The Morgan fingerprint density at radius 1 is 1.00 bits per heavy atom. The van der Waals surface area contributed by atoms with Crippen molar-refractivity contribution in [1.82, 2.24) is 14.8 Å². The zero-order chi connectivity index (χ0) is 25.9. The van der Waals surface area contributed by atoms with E-state index in [1.54, 1.807) is 60.5 Å². The molecule has 0 spiro atoms. The summed E-state index contributed by atoms with van der Waals surface area (Å²) in [6.07, 6.45) is 1.70. The number of hydrogen-bond acceptors (Lipinski definition) is 5. The third-order valence-electron chi connectivity index (χ3n) is 6.04. The van der Waals surface area contributed by atoms with E-state index >= 15 is 0 Å². The molecule has 184 valence electrons. The van der Waals surface area contributed by atoms with E-state index < -0.39 is 0 Å². The van der Waals surface area contributed by atoms with Crippen molar-refractivity contribution in [2.45, 2.75) is 13.5 Å². The van der Waals surface area contributed by atoms with Gasteiger partial charge in [0.1, 0.15) is 12.3 Å². The lowest BCUT2D eigenvalue weighted by atomic mass is 10.0. The number of hydrogen-bond donors (Lipinski definition) is 1. The van der Waals surface area contributed by atoms with Crippen LogP contribution in [-0.2, 0) is 11.3 Å². The van der Waals surface area contributed by atoms with Gasteiger partial charge < -0.3 is 10.1 Å². The average molecular weight is 511 g/mol. The SMILES string of the molecule is COc1ccc(-c2ccnc3c2c(C)nn3CC(=O)Nc2ccc(Cl)cc2C(=O)c2ccccc2)cc1. The standard InChI is InChI=1S/C29H23ClN4O3/c1-18-27-23(19-8-11-22(37-2)12-9-19)14-15-31-29(27)34(33-18)17-26(35)32-25-13-10-21(30)16-24(25)28(36)20-6-4-3-5-7-20/h3-16H,17H2,1-2H3,(H,32,35). The maximum Gasteiger partial charge on any atom is 0.246 e. The first-order chi connectivity index (χ1) is 17.9. The quantitative estimate of drug-likeness (QED) is 0.274. The smallest absolute Gasteiger partial charge is 0.246 e. The van der Waals surface area contributed by atoms with E-state index in [2.05, 4.69) is 15.4 Å². The van der Waals surface area contributed by atoms with E-state index in [9.17, 15) is 9.59 Å². The predicted octanol–water partition coefficient (Wildman–Crippen LogP) is 5.94. The van der Waals surface area contributed by atoms with E-state index in [1.165, 1.54) is 0 Å². The van der Waals surface area contributed by atoms with E-state index in [4.69, 9.17) is 16.3 Å². The second-order valence-electron chi connectivity index (χ2n) is 8.46. The third-order valence-corrected chi connectivity index (χ3v) is 6.27. The number of carbonyl (C=O) groups excluding carboxylic acids is 2. The van der Waals surface area contributed by atoms with Gasteiger partial charge in [-0.3, -0.25) is 9.59 Å². The van der Waals surface area contributed by atoms with Crippen molar-refractivity contribution in [3.63, 3.8) is 0 Å². The summed E-state index contributed by atoms with van der Waals surface area (Å²) in [6.45, 7) is 1.81. The summed E-state index contributed by atoms with van der Waals surface area (Å²) in [4.78, 5) is 30.7. The highest BCUT2D eigenvalue weighted by molar-refractivity contribution is 6.31. The fourth-order valence-corrected chi connectivity index (χ4v) is 4.46. The van der Waals surface area contributed by atoms with Crippen LogP contribution in [0.5, 0.6) is 5.75 Å². The van der Waals surface area contributed by atoms with Crippen molar-refractivity contribution >= 4 is 40.0 Å². The molecule has 0 atom stereocenters. The molecule has 0 aliphatic carbocycles. The van der Waals surface area contributed by atoms with Crippen LogP contribution in [-0.4, -0.2) is 33.6 Å². The number of rotatable bonds is 7. The minimum atomic E-state index is -0.342. The molecule has 3 aromatic carbocycles. The van der Waals surface area contributed by atoms with Gasteiger partial charge in [0.15, 0.2) is 11.4 Å². The summed E-state index contributed by atoms with van der Waals surface area (Å²) < 4.78 is 6.84. The number of pyridine rings is 1. The molecule has 0 saturated carbocycles. The number of amides is 1. The average Bonchev–Trinajstić information content (AvgIpc) is 3.24. The summed E-state index contributed by atoms with van der Waals surface area (Å²) in [5, 5.41) is 8.71.